The van der Waals surface area contributed by atoms with Gasteiger partial charge in [-0.3, -0.25) is 0 Å². The van der Waals surface area contributed by atoms with E-state index in [-0.39, 0.29) is 18.5 Å². The van der Waals surface area contributed by atoms with Gasteiger partial charge in [0.15, 0.2) is 11.6 Å². The molecule has 1 atom stereocenters. The summed E-state index contributed by atoms with van der Waals surface area (Å²) < 4.78 is 54.0. The van der Waals surface area contributed by atoms with Gasteiger partial charge >= 0.3 is 0 Å². The van der Waals surface area contributed by atoms with Gasteiger partial charge < -0.3 is 5.32 Å². The molecule has 4 nitrogen and oxygen atoms in total. The zero-order valence-corrected chi connectivity index (χ0v) is 12.2. The van der Waals surface area contributed by atoms with Crippen molar-refractivity contribution in [2.24, 2.45) is 5.92 Å². The number of hydrogen-bond acceptors (Lipinski definition) is 3. The molecule has 1 aromatic rings. The summed E-state index contributed by atoms with van der Waals surface area (Å²) >= 11 is 0. The molecule has 1 saturated carbocycles. The van der Waals surface area contributed by atoms with Gasteiger partial charge in [-0.05, 0) is 50.4 Å². The van der Waals surface area contributed by atoms with Crippen LogP contribution in [0.15, 0.2) is 17.0 Å². The van der Waals surface area contributed by atoms with E-state index in [2.05, 4.69) is 10.0 Å². The summed E-state index contributed by atoms with van der Waals surface area (Å²) in [7, 11) is -2.41. The van der Waals surface area contributed by atoms with Crippen molar-refractivity contribution < 1.29 is 17.2 Å². The Morgan fingerprint density at radius 3 is 2.55 bits per heavy atom. The zero-order chi connectivity index (χ0) is 14.9. The lowest BCUT2D eigenvalue weighted by Crippen LogP contribution is -2.34. The number of rotatable bonds is 6. The second-order valence-electron chi connectivity index (χ2n) is 5.17. The Morgan fingerprint density at radius 2 is 2.00 bits per heavy atom. The molecule has 7 heteroatoms. The minimum Gasteiger partial charge on any atom is -0.316 e. The van der Waals surface area contributed by atoms with Crippen molar-refractivity contribution in [1.82, 2.24) is 10.0 Å². The molecule has 2 N–H and O–H groups in total. The maximum absolute atomic E-state index is 13.8. The third kappa shape index (κ3) is 3.34. The first-order valence-electron chi connectivity index (χ1n) is 6.50. The first-order valence-corrected chi connectivity index (χ1v) is 7.98. The molecule has 0 saturated heterocycles. The van der Waals surface area contributed by atoms with E-state index in [9.17, 15) is 17.2 Å². The molecular formula is C13H18F2N2O2S. The number of sulfonamides is 1. The van der Waals surface area contributed by atoms with Gasteiger partial charge in [0, 0.05) is 12.6 Å². The Kier molecular flexibility index (Phi) is 4.41. The monoisotopic (exact) mass is 304 g/mol. The Morgan fingerprint density at radius 1 is 1.35 bits per heavy atom. The van der Waals surface area contributed by atoms with Crippen molar-refractivity contribution in [3.8, 4) is 0 Å². The van der Waals surface area contributed by atoms with Crippen molar-refractivity contribution >= 4 is 10.0 Å². The van der Waals surface area contributed by atoms with Gasteiger partial charge in [-0.1, -0.05) is 0 Å². The third-order valence-corrected chi connectivity index (χ3v) is 4.95. The summed E-state index contributed by atoms with van der Waals surface area (Å²) in [5.74, 6) is -2.20. The topological polar surface area (TPSA) is 58.2 Å². The van der Waals surface area contributed by atoms with Gasteiger partial charge in [-0.25, -0.2) is 21.9 Å². The van der Waals surface area contributed by atoms with E-state index in [1.54, 1.807) is 14.0 Å². The van der Waals surface area contributed by atoms with Gasteiger partial charge in [0.1, 0.15) is 4.90 Å². The standard InChI is InChI=1S/C13H18F2N2O2S/c1-8(10-3-4-10)17-20(18,19)12-6-9(7-16-2)5-11(14)13(12)15/h5-6,8,10,16-17H,3-4,7H2,1-2H3. The third-order valence-electron chi connectivity index (χ3n) is 3.40. The highest BCUT2D eigenvalue weighted by atomic mass is 32.2. The van der Waals surface area contributed by atoms with Crippen molar-refractivity contribution in [3.63, 3.8) is 0 Å². The molecule has 0 amide bonds. The first-order chi connectivity index (χ1) is 9.35. The van der Waals surface area contributed by atoms with Crippen LogP contribution in [0.1, 0.15) is 25.3 Å². The molecule has 0 aromatic heterocycles. The second kappa shape index (κ2) is 5.75. The van der Waals surface area contributed by atoms with Gasteiger partial charge in [0.25, 0.3) is 0 Å². The van der Waals surface area contributed by atoms with Crippen LogP contribution in [-0.4, -0.2) is 21.5 Å². The van der Waals surface area contributed by atoms with Crippen molar-refractivity contribution in [3.05, 3.63) is 29.3 Å². The molecule has 0 aliphatic heterocycles. The van der Waals surface area contributed by atoms with Gasteiger partial charge in [0.2, 0.25) is 10.0 Å². The van der Waals surface area contributed by atoms with E-state index in [4.69, 9.17) is 0 Å². The lowest BCUT2D eigenvalue weighted by Gasteiger charge is -2.15. The SMILES string of the molecule is CNCc1cc(F)c(F)c(S(=O)(=O)NC(C)C2CC2)c1. The second-order valence-corrected chi connectivity index (χ2v) is 6.85. The molecule has 1 aliphatic carbocycles. The lowest BCUT2D eigenvalue weighted by molar-refractivity contribution is 0.477. The molecule has 1 unspecified atom stereocenters. The Bertz CT molecular complexity index is 601. The molecule has 0 bridgehead atoms. The van der Waals surface area contributed by atoms with Crippen LogP contribution in [0, 0.1) is 17.6 Å². The van der Waals surface area contributed by atoms with Crippen LogP contribution in [0.25, 0.3) is 0 Å². The van der Waals surface area contributed by atoms with Crippen LogP contribution in [0.3, 0.4) is 0 Å². The van der Waals surface area contributed by atoms with Crippen LogP contribution < -0.4 is 10.0 Å². The molecule has 0 radical (unpaired) electrons. The van der Waals surface area contributed by atoms with Crippen LogP contribution in [-0.2, 0) is 16.6 Å². The smallest absolute Gasteiger partial charge is 0.243 e. The Labute approximate surface area is 117 Å². The van der Waals surface area contributed by atoms with E-state index < -0.39 is 26.6 Å². The van der Waals surface area contributed by atoms with E-state index in [0.29, 0.717) is 5.56 Å². The zero-order valence-electron chi connectivity index (χ0n) is 11.4. The fraction of sp³-hybridized carbons (Fsp3) is 0.538. The number of hydrogen-bond donors (Lipinski definition) is 2. The highest BCUT2D eigenvalue weighted by molar-refractivity contribution is 7.89. The molecule has 1 aliphatic rings. The molecule has 0 heterocycles. The predicted molar refractivity (Wildman–Crippen MR) is 71.6 cm³/mol. The average molecular weight is 304 g/mol. The minimum absolute atomic E-state index is 0.262. The van der Waals surface area contributed by atoms with Crippen molar-refractivity contribution in [2.45, 2.75) is 37.2 Å². The number of benzene rings is 1. The van der Waals surface area contributed by atoms with E-state index in [1.165, 1.54) is 0 Å². The van der Waals surface area contributed by atoms with Gasteiger partial charge in [0.05, 0.1) is 0 Å². The summed E-state index contributed by atoms with van der Waals surface area (Å²) in [4.78, 5) is -0.629. The Balaban J connectivity index is 2.33. The molecule has 20 heavy (non-hydrogen) atoms. The Hall–Kier alpha value is -1.05. The maximum atomic E-state index is 13.8. The van der Waals surface area contributed by atoms with Gasteiger partial charge in [-0.15, -0.1) is 0 Å². The van der Waals surface area contributed by atoms with E-state index in [0.717, 1.165) is 25.0 Å². The normalized spacial score (nSPS) is 17.2. The summed E-state index contributed by atoms with van der Waals surface area (Å²) in [6, 6.07) is 1.89. The molecule has 112 valence electrons. The maximum Gasteiger partial charge on any atom is 0.243 e. The molecule has 1 fully saturated rings. The molecule has 2 rings (SSSR count). The van der Waals surface area contributed by atoms with E-state index in [1.807, 2.05) is 0 Å². The fourth-order valence-electron chi connectivity index (χ4n) is 2.12. The summed E-state index contributed by atoms with van der Waals surface area (Å²) in [5.41, 5.74) is 0.380. The highest BCUT2D eigenvalue weighted by Crippen LogP contribution is 2.33. The van der Waals surface area contributed by atoms with Crippen molar-refractivity contribution in [1.29, 1.82) is 0 Å². The number of nitrogens with one attached hydrogen (secondary N) is 2. The summed E-state index contributed by atoms with van der Waals surface area (Å²) in [6.45, 7) is 2.00. The molecule has 0 spiro atoms. The lowest BCUT2D eigenvalue weighted by atomic mass is 10.2. The first kappa shape index (κ1) is 15.3. The predicted octanol–water partition coefficient (Wildman–Crippen LogP) is 1.76. The quantitative estimate of drug-likeness (QED) is 0.842. The molecule has 1 aromatic carbocycles. The van der Waals surface area contributed by atoms with Crippen LogP contribution >= 0.6 is 0 Å². The fourth-order valence-corrected chi connectivity index (χ4v) is 3.57. The summed E-state index contributed by atoms with van der Waals surface area (Å²) in [5, 5.41) is 2.77. The van der Waals surface area contributed by atoms with Gasteiger partial charge in [-0.2, -0.15) is 0 Å². The van der Waals surface area contributed by atoms with Crippen LogP contribution in [0.2, 0.25) is 0 Å². The largest absolute Gasteiger partial charge is 0.316 e. The van der Waals surface area contributed by atoms with Crippen LogP contribution in [0.5, 0.6) is 0 Å². The highest BCUT2D eigenvalue weighted by Gasteiger charge is 2.32. The summed E-state index contributed by atoms with van der Waals surface area (Å²) in [6.07, 6.45) is 1.92. The van der Waals surface area contributed by atoms with Crippen molar-refractivity contribution in [2.75, 3.05) is 7.05 Å². The van der Waals surface area contributed by atoms with Crippen LogP contribution in [0.4, 0.5) is 8.78 Å². The minimum atomic E-state index is -4.05. The molecular weight excluding hydrogens is 286 g/mol. The number of halogens is 2. The average Bonchev–Trinajstić information content (AvgIpc) is 3.17. The van der Waals surface area contributed by atoms with E-state index >= 15 is 0 Å².